The van der Waals surface area contributed by atoms with Crippen LogP contribution in [0.15, 0.2) is 54.6 Å². The normalized spacial score (nSPS) is 11.4. The fourth-order valence-corrected chi connectivity index (χ4v) is 3.40. The van der Waals surface area contributed by atoms with Crippen molar-refractivity contribution in [2.45, 2.75) is 26.2 Å². The maximum absolute atomic E-state index is 6.46. The molecule has 120 valence electrons. The second kappa shape index (κ2) is 6.25. The van der Waals surface area contributed by atoms with Crippen molar-refractivity contribution in [2.75, 3.05) is 0 Å². The zero-order valence-electron chi connectivity index (χ0n) is 13.5. The van der Waals surface area contributed by atoms with E-state index in [4.69, 9.17) is 16.7 Å². The average Bonchev–Trinajstić information content (AvgIpc) is 3.01. The highest BCUT2D eigenvalue weighted by Crippen LogP contribution is 2.33. The van der Waals surface area contributed by atoms with Crippen LogP contribution < -0.4 is 0 Å². The van der Waals surface area contributed by atoms with E-state index in [0.717, 1.165) is 46.8 Å². The Kier molecular flexibility index (Phi) is 3.95. The Labute approximate surface area is 145 Å². The minimum absolute atomic E-state index is 0.469. The van der Waals surface area contributed by atoms with Gasteiger partial charge < -0.3 is 0 Å². The number of halogens is 1. The molecule has 3 nitrogen and oxygen atoms in total. The average molecular weight is 336 g/mol. The Morgan fingerprint density at radius 3 is 2.54 bits per heavy atom. The molecular weight excluding hydrogens is 318 g/mol. The third-order valence-electron chi connectivity index (χ3n) is 4.34. The number of unbranched alkanes of at least 4 members (excludes halogenated alkanes) is 1. The summed E-state index contributed by atoms with van der Waals surface area (Å²) in [5.74, 6) is 0. The molecule has 2 aromatic carbocycles. The summed E-state index contributed by atoms with van der Waals surface area (Å²) >= 11 is 6.46. The number of hydrogen-bond donors (Lipinski definition) is 0. The smallest absolute Gasteiger partial charge is 0.157 e. The lowest BCUT2D eigenvalue weighted by atomic mass is 10.1. The number of pyridine rings is 1. The second-order valence-corrected chi connectivity index (χ2v) is 6.30. The largest absolute Gasteiger partial charge is 0.236 e. The van der Waals surface area contributed by atoms with Crippen molar-refractivity contribution in [3.8, 4) is 5.69 Å². The molecule has 2 aromatic heterocycles. The molecule has 4 heteroatoms. The van der Waals surface area contributed by atoms with E-state index < -0.39 is 0 Å². The Bertz CT molecular complexity index is 1010. The highest BCUT2D eigenvalue weighted by atomic mass is 35.5. The number of fused-ring (bicyclic) bond motifs is 3. The third kappa shape index (κ3) is 2.45. The molecule has 4 aromatic rings. The highest BCUT2D eigenvalue weighted by molar-refractivity contribution is 6.35. The lowest BCUT2D eigenvalue weighted by Gasteiger charge is -2.08. The fraction of sp³-hybridized carbons (Fsp3) is 0.200. The third-order valence-corrected chi connectivity index (χ3v) is 4.60. The summed E-state index contributed by atoms with van der Waals surface area (Å²) in [4.78, 5) is 4.52. The Hall–Kier alpha value is -2.39. The quantitative estimate of drug-likeness (QED) is 0.456. The summed E-state index contributed by atoms with van der Waals surface area (Å²) in [5.41, 5.74) is 3.96. The summed E-state index contributed by atoms with van der Waals surface area (Å²) < 4.78 is 2.03. The molecule has 4 rings (SSSR count). The summed E-state index contributed by atoms with van der Waals surface area (Å²) in [6, 6.07) is 18.4. The number of para-hydroxylation sites is 2. The molecule has 0 radical (unpaired) electrons. The molecule has 2 heterocycles. The van der Waals surface area contributed by atoms with Gasteiger partial charge in [0, 0.05) is 10.8 Å². The van der Waals surface area contributed by atoms with Gasteiger partial charge in [-0.2, -0.15) is 5.10 Å². The van der Waals surface area contributed by atoms with E-state index >= 15 is 0 Å². The molecule has 0 spiro atoms. The van der Waals surface area contributed by atoms with Gasteiger partial charge in [-0.1, -0.05) is 61.3 Å². The van der Waals surface area contributed by atoms with Crippen LogP contribution in [-0.4, -0.2) is 14.8 Å². The molecule has 24 heavy (non-hydrogen) atoms. The molecule has 0 aliphatic carbocycles. The van der Waals surface area contributed by atoms with Crippen molar-refractivity contribution in [3.05, 3.63) is 65.4 Å². The molecule has 0 amide bonds. The SMILES string of the molecule is CCCCc1c2c(nn1-c1ccccc1)c(Cl)nc1ccccc12. The van der Waals surface area contributed by atoms with Crippen LogP contribution in [0.2, 0.25) is 5.15 Å². The molecule has 0 bridgehead atoms. The van der Waals surface area contributed by atoms with Crippen LogP contribution in [-0.2, 0) is 6.42 Å². The Morgan fingerprint density at radius 1 is 1.00 bits per heavy atom. The van der Waals surface area contributed by atoms with Crippen molar-refractivity contribution < 1.29 is 0 Å². The lowest BCUT2D eigenvalue weighted by molar-refractivity contribution is 0.735. The number of rotatable bonds is 4. The summed E-state index contributed by atoms with van der Waals surface area (Å²) in [5, 5.41) is 7.52. The number of nitrogens with zero attached hydrogens (tertiary/aromatic N) is 3. The highest BCUT2D eigenvalue weighted by Gasteiger charge is 2.18. The van der Waals surface area contributed by atoms with Gasteiger partial charge in [0.2, 0.25) is 0 Å². The van der Waals surface area contributed by atoms with Gasteiger partial charge >= 0.3 is 0 Å². The van der Waals surface area contributed by atoms with E-state index in [1.54, 1.807) is 0 Å². The van der Waals surface area contributed by atoms with Gasteiger partial charge in [-0.3, -0.25) is 0 Å². The van der Waals surface area contributed by atoms with Crippen molar-refractivity contribution in [1.82, 2.24) is 14.8 Å². The van der Waals surface area contributed by atoms with Gasteiger partial charge in [0.25, 0.3) is 0 Å². The molecule has 0 N–H and O–H groups in total. The van der Waals surface area contributed by atoms with E-state index in [1.807, 2.05) is 41.1 Å². The predicted molar refractivity (Wildman–Crippen MR) is 100.0 cm³/mol. The lowest BCUT2D eigenvalue weighted by Crippen LogP contribution is -2.02. The van der Waals surface area contributed by atoms with Crippen LogP contribution in [0.4, 0.5) is 0 Å². The first-order valence-electron chi connectivity index (χ1n) is 8.31. The van der Waals surface area contributed by atoms with E-state index in [1.165, 1.54) is 5.69 Å². The van der Waals surface area contributed by atoms with Gasteiger partial charge in [0.15, 0.2) is 5.15 Å². The van der Waals surface area contributed by atoms with E-state index in [0.29, 0.717) is 5.15 Å². The summed E-state index contributed by atoms with van der Waals surface area (Å²) in [6.45, 7) is 2.21. The van der Waals surface area contributed by atoms with Crippen LogP contribution in [0.1, 0.15) is 25.5 Å². The van der Waals surface area contributed by atoms with Crippen LogP contribution >= 0.6 is 11.6 Å². The molecule has 0 saturated carbocycles. The first kappa shape index (κ1) is 15.2. The molecule has 0 fully saturated rings. The van der Waals surface area contributed by atoms with Gasteiger partial charge in [0.05, 0.1) is 16.9 Å². The zero-order chi connectivity index (χ0) is 16.5. The van der Waals surface area contributed by atoms with Crippen molar-refractivity contribution in [1.29, 1.82) is 0 Å². The summed E-state index contributed by atoms with van der Waals surface area (Å²) in [7, 11) is 0. The van der Waals surface area contributed by atoms with E-state index in [-0.39, 0.29) is 0 Å². The number of aromatic nitrogens is 3. The Morgan fingerprint density at radius 2 is 1.75 bits per heavy atom. The first-order chi connectivity index (χ1) is 11.8. The van der Waals surface area contributed by atoms with Gasteiger partial charge in [-0.05, 0) is 31.0 Å². The van der Waals surface area contributed by atoms with E-state index in [9.17, 15) is 0 Å². The number of benzene rings is 2. The topological polar surface area (TPSA) is 30.7 Å². The van der Waals surface area contributed by atoms with Gasteiger partial charge in [-0.15, -0.1) is 0 Å². The second-order valence-electron chi connectivity index (χ2n) is 5.94. The standard InChI is InChI=1S/C20H18ClN3/c1-2-3-13-17-18-15-11-7-8-12-16(15)22-20(21)19(18)23-24(17)14-9-5-4-6-10-14/h4-12H,2-3,13H2,1H3. The zero-order valence-corrected chi connectivity index (χ0v) is 14.3. The van der Waals surface area contributed by atoms with Gasteiger partial charge in [0.1, 0.15) is 5.52 Å². The van der Waals surface area contributed by atoms with Crippen molar-refractivity contribution >= 4 is 33.4 Å². The Balaban J connectivity index is 2.09. The van der Waals surface area contributed by atoms with Crippen LogP contribution in [0.5, 0.6) is 0 Å². The number of hydrogen-bond acceptors (Lipinski definition) is 2. The number of aryl methyl sites for hydroxylation is 1. The molecule has 0 unspecified atom stereocenters. The fourth-order valence-electron chi connectivity index (χ4n) is 3.18. The van der Waals surface area contributed by atoms with Crippen LogP contribution in [0, 0.1) is 0 Å². The molecular formula is C20H18ClN3. The maximum Gasteiger partial charge on any atom is 0.157 e. The molecule has 0 aliphatic rings. The molecule has 0 atom stereocenters. The minimum Gasteiger partial charge on any atom is -0.236 e. The van der Waals surface area contributed by atoms with Crippen LogP contribution in [0.3, 0.4) is 0 Å². The van der Waals surface area contributed by atoms with Gasteiger partial charge in [-0.25, -0.2) is 9.67 Å². The summed E-state index contributed by atoms with van der Waals surface area (Å²) in [6.07, 6.45) is 3.21. The van der Waals surface area contributed by atoms with Crippen molar-refractivity contribution in [3.63, 3.8) is 0 Å². The van der Waals surface area contributed by atoms with Crippen molar-refractivity contribution in [2.24, 2.45) is 0 Å². The first-order valence-corrected chi connectivity index (χ1v) is 8.68. The predicted octanol–water partition coefficient (Wildman–Crippen LogP) is 5.57. The van der Waals surface area contributed by atoms with Crippen LogP contribution in [0.25, 0.3) is 27.5 Å². The maximum atomic E-state index is 6.46. The minimum atomic E-state index is 0.469. The molecule has 0 aliphatic heterocycles. The van der Waals surface area contributed by atoms with E-state index in [2.05, 4.69) is 30.1 Å². The molecule has 0 saturated heterocycles. The monoisotopic (exact) mass is 335 g/mol.